The number of rotatable bonds is 5. The highest BCUT2D eigenvalue weighted by molar-refractivity contribution is 7.98. The van der Waals surface area contributed by atoms with E-state index in [1.165, 1.54) is 11.8 Å². The topological polar surface area (TPSA) is 63.1 Å². The predicted octanol–water partition coefficient (Wildman–Crippen LogP) is 4.13. The molecule has 0 aliphatic rings. The Hall–Kier alpha value is -2.66. The molecule has 0 aliphatic carbocycles. The molecule has 1 heterocycles. The quantitative estimate of drug-likeness (QED) is 0.715. The summed E-state index contributed by atoms with van der Waals surface area (Å²) in [5.74, 6) is -0.260. The zero-order valence-electron chi connectivity index (χ0n) is 12.2. The maximum atomic E-state index is 11.0. The number of benzene rings is 2. The first-order valence-corrected chi connectivity index (χ1v) is 8.05. The van der Waals surface area contributed by atoms with Crippen molar-refractivity contribution in [2.75, 3.05) is 0 Å². The first-order valence-electron chi connectivity index (χ1n) is 7.06. The lowest BCUT2D eigenvalue weighted by Crippen LogP contribution is -1.96. The van der Waals surface area contributed by atoms with Gasteiger partial charge in [-0.1, -0.05) is 54.2 Å². The van der Waals surface area contributed by atoms with E-state index in [2.05, 4.69) is 10.2 Å². The minimum Gasteiger partial charge on any atom is -0.478 e. The molecule has 0 amide bonds. The predicted molar refractivity (Wildman–Crippen MR) is 90.4 cm³/mol. The van der Waals surface area contributed by atoms with Crippen LogP contribution in [0, 0.1) is 0 Å². The molecule has 114 valence electrons. The van der Waals surface area contributed by atoms with Crippen molar-refractivity contribution in [3.8, 4) is 11.3 Å². The van der Waals surface area contributed by atoms with E-state index >= 15 is 0 Å². The molecule has 0 saturated heterocycles. The Bertz CT molecular complexity index is 805. The third-order valence-corrected chi connectivity index (χ3v) is 4.26. The first-order chi connectivity index (χ1) is 11.2. The minimum absolute atomic E-state index is 0.300. The van der Waals surface area contributed by atoms with Crippen LogP contribution in [-0.4, -0.2) is 21.3 Å². The van der Waals surface area contributed by atoms with Gasteiger partial charge in [0.25, 0.3) is 0 Å². The molecule has 0 spiro atoms. The van der Waals surface area contributed by atoms with Crippen molar-refractivity contribution in [1.82, 2.24) is 10.2 Å². The number of nitrogens with zero attached hydrogens (tertiary/aromatic N) is 2. The van der Waals surface area contributed by atoms with Crippen molar-refractivity contribution >= 4 is 17.7 Å². The number of hydrogen-bond donors (Lipinski definition) is 1. The molecule has 0 bridgehead atoms. The highest BCUT2D eigenvalue weighted by atomic mass is 32.2. The van der Waals surface area contributed by atoms with Gasteiger partial charge in [-0.3, -0.25) is 0 Å². The molecule has 0 saturated carbocycles. The summed E-state index contributed by atoms with van der Waals surface area (Å²) < 4.78 is 0. The van der Waals surface area contributed by atoms with Crippen LogP contribution in [-0.2, 0) is 5.75 Å². The Morgan fingerprint density at radius 2 is 1.78 bits per heavy atom. The number of carbonyl (C=O) groups is 1. The maximum Gasteiger partial charge on any atom is 0.335 e. The van der Waals surface area contributed by atoms with Gasteiger partial charge in [-0.15, -0.1) is 10.2 Å². The van der Waals surface area contributed by atoms with Gasteiger partial charge in [0.1, 0.15) is 5.03 Å². The van der Waals surface area contributed by atoms with Crippen molar-refractivity contribution in [2.45, 2.75) is 10.8 Å². The van der Waals surface area contributed by atoms with E-state index in [9.17, 15) is 4.79 Å². The molecule has 0 aliphatic heterocycles. The molecule has 23 heavy (non-hydrogen) atoms. The Kier molecular flexibility index (Phi) is 4.68. The Balaban J connectivity index is 1.67. The summed E-state index contributed by atoms with van der Waals surface area (Å²) in [6, 6.07) is 20.7. The average Bonchev–Trinajstić information content (AvgIpc) is 2.61. The van der Waals surface area contributed by atoms with E-state index in [0.717, 1.165) is 21.8 Å². The molecule has 3 rings (SSSR count). The fourth-order valence-corrected chi connectivity index (χ4v) is 2.87. The van der Waals surface area contributed by atoms with Crippen LogP contribution in [0.2, 0.25) is 0 Å². The highest BCUT2D eigenvalue weighted by Crippen LogP contribution is 2.23. The molecular weight excluding hydrogens is 308 g/mol. The van der Waals surface area contributed by atoms with Gasteiger partial charge in [-0.05, 0) is 29.8 Å². The molecule has 1 N–H and O–H groups in total. The summed E-state index contributed by atoms with van der Waals surface area (Å²) in [5, 5.41) is 18.3. The van der Waals surface area contributed by atoms with Crippen molar-refractivity contribution in [3.63, 3.8) is 0 Å². The molecule has 0 atom stereocenters. The molecule has 5 heteroatoms. The molecular formula is C18H14N2O2S. The van der Waals surface area contributed by atoms with Crippen LogP contribution < -0.4 is 0 Å². The SMILES string of the molecule is O=C(O)c1cccc(CSc2ccc(-c3ccccc3)nn2)c1. The standard InChI is InChI=1S/C18H14N2O2S/c21-18(22)15-8-4-5-13(11-15)12-23-17-10-9-16(19-20-17)14-6-2-1-3-7-14/h1-11H,12H2,(H,21,22). The first kappa shape index (κ1) is 15.2. The zero-order valence-corrected chi connectivity index (χ0v) is 13.0. The molecule has 4 nitrogen and oxygen atoms in total. The maximum absolute atomic E-state index is 11.0. The second-order valence-electron chi connectivity index (χ2n) is 4.92. The summed E-state index contributed by atoms with van der Waals surface area (Å²) in [4.78, 5) is 11.0. The van der Waals surface area contributed by atoms with Gasteiger partial charge >= 0.3 is 5.97 Å². The van der Waals surface area contributed by atoms with Crippen molar-refractivity contribution in [2.24, 2.45) is 0 Å². The minimum atomic E-state index is -0.913. The second-order valence-corrected chi connectivity index (χ2v) is 5.91. The van der Waals surface area contributed by atoms with Gasteiger partial charge in [0.2, 0.25) is 0 Å². The Morgan fingerprint density at radius 3 is 2.48 bits per heavy atom. The zero-order chi connectivity index (χ0) is 16.1. The van der Waals surface area contributed by atoms with Gasteiger partial charge in [-0.2, -0.15) is 0 Å². The number of thioether (sulfide) groups is 1. The van der Waals surface area contributed by atoms with E-state index < -0.39 is 5.97 Å². The normalized spacial score (nSPS) is 10.4. The van der Waals surface area contributed by atoms with Gasteiger partial charge in [0.05, 0.1) is 11.3 Å². The summed E-state index contributed by atoms with van der Waals surface area (Å²) in [6.45, 7) is 0. The number of aromatic nitrogens is 2. The van der Waals surface area contributed by atoms with Crippen LogP contribution in [0.1, 0.15) is 15.9 Å². The smallest absolute Gasteiger partial charge is 0.335 e. The monoisotopic (exact) mass is 322 g/mol. The highest BCUT2D eigenvalue weighted by Gasteiger charge is 2.05. The number of hydrogen-bond acceptors (Lipinski definition) is 4. The number of carboxylic acid groups (broad SMARTS) is 1. The van der Waals surface area contributed by atoms with Crippen LogP contribution in [0.25, 0.3) is 11.3 Å². The van der Waals surface area contributed by atoms with Gasteiger partial charge in [-0.25, -0.2) is 4.79 Å². The molecule has 0 fully saturated rings. The van der Waals surface area contributed by atoms with Crippen LogP contribution in [0.5, 0.6) is 0 Å². The molecule has 3 aromatic rings. The summed E-state index contributed by atoms with van der Waals surface area (Å²) in [6.07, 6.45) is 0. The van der Waals surface area contributed by atoms with E-state index in [0.29, 0.717) is 11.3 Å². The molecule has 0 unspecified atom stereocenters. The third-order valence-electron chi connectivity index (χ3n) is 3.27. The third kappa shape index (κ3) is 3.96. The van der Waals surface area contributed by atoms with Gasteiger partial charge in [0.15, 0.2) is 0 Å². The number of carboxylic acids is 1. The van der Waals surface area contributed by atoms with E-state index in [-0.39, 0.29) is 0 Å². The largest absolute Gasteiger partial charge is 0.478 e. The Morgan fingerprint density at radius 1 is 0.957 bits per heavy atom. The lowest BCUT2D eigenvalue weighted by atomic mass is 10.1. The summed E-state index contributed by atoms with van der Waals surface area (Å²) >= 11 is 1.53. The van der Waals surface area contributed by atoms with E-state index in [1.807, 2.05) is 48.5 Å². The molecule has 2 aromatic carbocycles. The van der Waals surface area contributed by atoms with Crippen LogP contribution in [0.15, 0.2) is 71.8 Å². The fourth-order valence-electron chi connectivity index (χ4n) is 2.11. The summed E-state index contributed by atoms with van der Waals surface area (Å²) in [5.41, 5.74) is 3.12. The lowest BCUT2D eigenvalue weighted by molar-refractivity contribution is 0.0697. The average molecular weight is 322 g/mol. The second kappa shape index (κ2) is 7.07. The lowest BCUT2D eigenvalue weighted by Gasteiger charge is -2.04. The van der Waals surface area contributed by atoms with E-state index in [1.54, 1.807) is 18.2 Å². The number of aromatic carboxylic acids is 1. The van der Waals surface area contributed by atoms with Gasteiger partial charge in [0, 0.05) is 11.3 Å². The van der Waals surface area contributed by atoms with Crippen molar-refractivity contribution in [3.05, 3.63) is 77.9 Å². The Labute approximate surface area is 138 Å². The molecule has 1 aromatic heterocycles. The van der Waals surface area contributed by atoms with E-state index in [4.69, 9.17) is 5.11 Å². The van der Waals surface area contributed by atoms with Crippen LogP contribution in [0.4, 0.5) is 0 Å². The summed E-state index contributed by atoms with van der Waals surface area (Å²) in [7, 11) is 0. The van der Waals surface area contributed by atoms with Crippen LogP contribution in [0.3, 0.4) is 0 Å². The van der Waals surface area contributed by atoms with Crippen molar-refractivity contribution < 1.29 is 9.90 Å². The molecule has 0 radical (unpaired) electrons. The van der Waals surface area contributed by atoms with Crippen molar-refractivity contribution in [1.29, 1.82) is 0 Å². The fraction of sp³-hybridized carbons (Fsp3) is 0.0556. The van der Waals surface area contributed by atoms with Gasteiger partial charge < -0.3 is 5.11 Å². The van der Waals surface area contributed by atoms with Crippen LogP contribution >= 0.6 is 11.8 Å².